The minimum absolute atomic E-state index is 0.106. The van der Waals surface area contributed by atoms with E-state index >= 15 is 0 Å². The lowest BCUT2D eigenvalue weighted by atomic mass is 9.96. The van der Waals surface area contributed by atoms with Gasteiger partial charge in [-0.15, -0.1) is 0 Å². The van der Waals surface area contributed by atoms with Crippen LogP contribution < -0.4 is 10.6 Å². The van der Waals surface area contributed by atoms with Gasteiger partial charge in [-0.3, -0.25) is 4.79 Å². The van der Waals surface area contributed by atoms with Gasteiger partial charge in [0, 0.05) is 11.7 Å². The largest absolute Gasteiger partial charge is 0.325 e. The van der Waals surface area contributed by atoms with Crippen LogP contribution in [0.1, 0.15) is 57.4 Å². The molecular formula is C18H27FN2O. The summed E-state index contributed by atoms with van der Waals surface area (Å²) in [6.45, 7) is 3.58. The summed E-state index contributed by atoms with van der Waals surface area (Å²) in [7, 11) is 0. The molecule has 3 nitrogen and oxygen atoms in total. The summed E-state index contributed by atoms with van der Waals surface area (Å²) >= 11 is 0. The molecule has 1 atom stereocenters. The molecule has 0 saturated heterocycles. The van der Waals surface area contributed by atoms with E-state index in [1.54, 1.807) is 19.1 Å². The maximum absolute atomic E-state index is 13.5. The molecule has 1 fully saturated rings. The van der Waals surface area contributed by atoms with E-state index in [1.807, 2.05) is 6.92 Å². The first-order valence-corrected chi connectivity index (χ1v) is 8.39. The van der Waals surface area contributed by atoms with Gasteiger partial charge in [0.15, 0.2) is 0 Å². The molecule has 1 aliphatic rings. The molecule has 0 bridgehead atoms. The van der Waals surface area contributed by atoms with E-state index in [9.17, 15) is 9.18 Å². The number of nitrogens with one attached hydrogen (secondary N) is 2. The van der Waals surface area contributed by atoms with Crippen molar-refractivity contribution in [2.75, 3.05) is 5.32 Å². The quantitative estimate of drug-likeness (QED) is 0.877. The van der Waals surface area contributed by atoms with Crippen LogP contribution in [0.25, 0.3) is 0 Å². The number of hydrogen-bond acceptors (Lipinski definition) is 2. The van der Waals surface area contributed by atoms with Gasteiger partial charge in [0.25, 0.3) is 0 Å². The maximum Gasteiger partial charge on any atom is 0.241 e. The standard InChI is InChI=1S/C18H27FN2O/c1-13-10-11-16(12-17(13)19)21-18(22)14(2)20-15-8-6-4-3-5-7-9-15/h10-12,14-15,20H,3-9H2,1-2H3,(H,21,22)/t14-/m0/s1. The van der Waals surface area contributed by atoms with E-state index < -0.39 is 0 Å². The number of rotatable bonds is 4. The minimum atomic E-state index is -0.293. The molecule has 122 valence electrons. The Hall–Kier alpha value is -1.42. The maximum atomic E-state index is 13.5. The van der Waals surface area contributed by atoms with Gasteiger partial charge >= 0.3 is 0 Å². The zero-order valence-corrected chi connectivity index (χ0v) is 13.6. The SMILES string of the molecule is Cc1ccc(NC(=O)[C@H](C)NC2CCCCCCC2)cc1F. The van der Waals surface area contributed by atoms with Gasteiger partial charge in [-0.25, -0.2) is 4.39 Å². The van der Waals surface area contributed by atoms with Crippen LogP contribution in [0, 0.1) is 12.7 Å². The third-order valence-corrected chi connectivity index (χ3v) is 4.42. The molecule has 1 amide bonds. The smallest absolute Gasteiger partial charge is 0.241 e. The van der Waals surface area contributed by atoms with Crippen molar-refractivity contribution in [2.45, 2.75) is 70.9 Å². The molecule has 1 saturated carbocycles. The highest BCUT2D eigenvalue weighted by atomic mass is 19.1. The average Bonchev–Trinajstić information content (AvgIpc) is 2.45. The fourth-order valence-electron chi connectivity index (χ4n) is 2.97. The first-order valence-electron chi connectivity index (χ1n) is 8.39. The van der Waals surface area contributed by atoms with Gasteiger partial charge in [0.1, 0.15) is 5.82 Å². The van der Waals surface area contributed by atoms with E-state index in [-0.39, 0.29) is 17.8 Å². The summed E-state index contributed by atoms with van der Waals surface area (Å²) in [6.07, 6.45) is 8.66. The highest BCUT2D eigenvalue weighted by Gasteiger charge is 2.18. The molecule has 0 unspecified atom stereocenters. The summed E-state index contributed by atoms with van der Waals surface area (Å²) in [5.74, 6) is -0.399. The lowest BCUT2D eigenvalue weighted by Crippen LogP contribution is -2.44. The number of halogens is 1. The molecule has 1 aliphatic carbocycles. The van der Waals surface area contributed by atoms with Crippen molar-refractivity contribution in [1.29, 1.82) is 0 Å². The van der Waals surface area contributed by atoms with Crippen LogP contribution in [0.5, 0.6) is 0 Å². The first-order chi connectivity index (χ1) is 10.6. The van der Waals surface area contributed by atoms with Crippen LogP contribution in [0.15, 0.2) is 18.2 Å². The third kappa shape index (κ3) is 5.09. The fraction of sp³-hybridized carbons (Fsp3) is 0.611. The average molecular weight is 306 g/mol. The van der Waals surface area contributed by atoms with Crippen LogP contribution in [-0.4, -0.2) is 18.0 Å². The normalized spacial score (nSPS) is 18.3. The van der Waals surface area contributed by atoms with Crippen LogP contribution in [0.3, 0.4) is 0 Å². The zero-order chi connectivity index (χ0) is 15.9. The molecule has 4 heteroatoms. The van der Waals surface area contributed by atoms with Crippen LogP contribution >= 0.6 is 0 Å². The second kappa shape index (κ2) is 8.28. The van der Waals surface area contributed by atoms with Gasteiger partial charge in [0.05, 0.1) is 6.04 Å². The molecule has 0 spiro atoms. The van der Waals surface area contributed by atoms with Crippen molar-refractivity contribution >= 4 is 11.6 Å². The lowest BCUT2D eigenvalue weighted by Gasteiger charge is -2.24. The van der Waals surface area contributed by atoms with Crippen molar-refractivity contribution in [3.8, 4) is 0 Å². The molecule has 0 heterocycles. The highest BCUT2D eigenvalue weighted by molar-refractivity contribution is 5.94. The first kappa shape index (κ1) is 16.9. The molecule has 22 heavy (non-hydrogen) atoms. The number of carbonyl (C=O) groups excluding carboxylic acids is 1. The van der Waals surface area contributed by atoms with E-state index in [2.05, 4.69) is 10.6 Å². The summed E-state index contributed by atoms with van der Waals surface area (Å²) in [4.78, 5) is 12.2. The number of benzene rings is 1. The van der Waals surface area contributed by atoms with Gasteiger partial charge in [0.2, 0.25) is 5.91 Å². The highest BCUT2D eigenvalue weighted by Crippen LogP contribution is 2.18. The van der Waals surface area contributed by atoms with Crippen molar-refractivity contribution in [2.24, 2.45) is 0 Å². The number of hydrogen-bond donors (Lipinski definition) is 2. The predicted octanol–water partition coefficient (Wildman–Crippen LogP) is 4.16. The van der Waals surface area contributed by atoms with Gasteiger partial charge in [-0.2, -0.15) is 0 Å². The Kier molecular flexibility index (Phi) is 6.37. The lowest BCUT2D eigenvalue weighted by molar-refractivity contribution is -0.118. The molecule has 0 aromatic heterocycles. The molecule has 0 radical (unpaired) electrons. The molecule has 1 aromatic rings. The third-order valence-electron chi connectivity index (χ3n) is 4.42. The number of aryl methyl sites for hydroxylation is 1. The number of anilines is 1. The minimum Gasteiger partial charge on any atom is -0.325 e. The van der Waals surface area contributed by atoms with Crippen LogP contribution in [0.2, 0.25) is 0 Å². The van der Waals surface area contributed by atoms with Crippen molar-refractivity contribution < 1.29 is 9.18 Å². The Morgan fingerprint density at radius 3 is 2.45 bits per heavy atom. The second-order valence-electron chi connectivity index (χ2n) is 6.38. The topological polar surface area (TPSA) is 41.1 Å². The molecule has 0 aliphatic heterocycles. The van der Waals surface area contributed by atoms with E-state index in [1.165, 1.54) is 38.2 Å². The Balaban J connectivity index is 1.86. The molecule has 2 N–H and O–H groups in total. The molecule has 2 rings (SSSR count). The molecule has 1 aromatic carbocycles. The fourth-order valence-corrected chi connectivity index (χ4v) is 2.97. The van der Waals surface area contributed by atoms with Crippen molar-refractivity contribution in [3.05, 3.63) is 29.6 Å². The van der Waals surface area contributed by atoms with Crippen LogP contribution in [-0.2, 0) is 4.79 Å². The molecular weight excluding hydrogens is 279 g/mol. The zero-order valence-electron chi connectivity index (χ0n) is 13.6. The van der Waals surface area contributed by atoms with Gasteiger partial charge in [-0.05, 0) is 44.4 Å². The van der Waals surface area contributed by atoms with Crippen molar-refractivity contribution in [1.82, 2.24) is 5.32 Å². The number of amides is 1. The summed E-state index contributed by atoms with van der Waals surface area (Å²) < 4.78 is 13.5. The van der Waals surface area contributed by atoms with Crippen LogP contribution in [0.4, 0.5) is 10.1 Å². The van der Waals surface area contributed by atoms with E-state index in [4.69, 9.17) is 0 Å². The monoisotopic (exact) mass is 306 g/mol. The summed E-state index contributed by atoms with van der Waals surface area (Å²) in [5.41, 5.74) is 1.10. The van der Waals surface area contributed by atoms with Gasteiger partial charge in [-0.1, -0.05) is 38.2 Å². The Labute approximate surface area is 132 Å². The summed E-state index contributed by atoms with van der Waals surface area (Å²) in [5, 5.41) is 6.21. The van der Waals surface area contributed by atoms with Crippen molar-refractivity contribution in [3.63, 3.8) is 0 Å². The predicted molar refractivity (Wildman–Crippen MR) is 88.5 cm³/mol. The van der Waals surface area contributed by atoms with E-state index in [0.717, 1.165) is 12.8 Å². The summed E-state index contributed by atoms with van der Waals surface area (Å²) in [6, 6.07) is 4.93. The second-order valence-corrected chi connectivity index (χ2v) is 6.38. The van der Waals surface area contributed by atoms with E-state index in [0.29, 0.717) is 17.3 Å². The van der Waals surface area contributed by atoms with Gasteiger partial charge < -0.3 is 10.6 Å². The number of carbonyl (C=O) groups is 1. The Bertz CT molecular complexity index is 496. The Morgan fingerprint density at radius 1 is 1.18 bits per heavy atom. The Morgan fingerprint density at radius 2 is 1.82 bits per heavy atom.